The van der Waals surface area contributed by atoms with Crippen molar-refractivity contribution in [3.8, 4) is 0 Å². The highest BCUT2D eigenvalue weighted by molar-refractivity contribution is 9.13. The zero-order valence-corrected chi connectivity index (χ0v) is 13.9. The number of hydrazine groups is 1. The predicted octanol–water partition coefficient (Wildman–Crippen LogP) is 4.39. The summed E-state index contributed by atoms with van der Waals surface area (Å²) in [5.74, 6) is 5.71. The lowest BCUT2D eigenvalue weighted by Gasteiger charge is -2.15. The van der Waals surface area contributed by atoms with Crippen LogP contribution in [0.1, 0.15) is 29.0 Å². The number of nitrogens with two attached hydrogens (primary N) is 1. The summed E-state index contributed by atoms with van der Waals surface area (Å²) < 4.78 is 2.15. The number of nitrogens with one attached hydrogen (secondary N) is 1. The van der Waals surface area contributed by atoms with Gasteiger partial charge in [0.15, 0.2) is 0 Å². The van der Waals surface area contributed by atoms with E-state index in [0.29, 0.717) is 0 Å². The van der Waals surface area contributed by atoms with Crippen LogP contribution in [-0.2, 0) is 6.42 Å². The Bertz CT molecular complexity index is 520. The van der Waals surface area contributed by atoms with Gasteiger partial charge in [0.1, 0.15) is 0 Å². The van der Waals surface area contributed by atoms with E-state index in [2.05, 4.69) is 74.5 Å². The van der Waals surface area contributed by atoms with Crippen LogP contribution in [0.2, 0.25) is 0 Å². The summed E-state index contributed by atoms with van der Waals surface area (Å²) in [4.78, 5) is 1.18. The van der Waals surface area contributed by atoms with E-state index in [4.69, 9.17) is 5.84 Å². The van der Waals surface area contributed by atoms with Crippen molar-refractivity contribution in [1.82, 2.24) is 5.43 Å². The normalized spacial score (nSPS) is 12.7. The van der Waals surface area contributed by atoms with E-state index in [1.807, 2.05) is 0 Å². The van der Waals surface area contributed by atoms with Gasteiger partial charge >= 0.3 is 0 Å². The van der Waals surface area contributed by atoms with Crippen molar-refractivity contribution in [2.24, 2.45) is 5.84 Å². The molecule has 2 rings (SSSR count). The molecule has 1 unspecified atom stereocenters. The molecule has 0 saturated carbocycles. The molecule has 1 aromatic heterocycles. The molecule has 0 aliphatic heterocycles. The van der Waals surface area contributed by atoms with Gasteiger partial charge in [-0.2, -0.15) is 0 Å². The summed E-state index contributed by atoms with van der Waals surface area (Å²) in [6.45, 7) is 2.16. The first-order valence-corrected chi connectivity index (χ1v) is 8.05. The average Bonchev–Trinajstić information content (AvgIpc) is 2.70. The highest BCUT2D eigenvalue weighted by Gasteiger charge is 2.16. The van der Waals surface area contributed by atoms with Gasteiger partial charge in [0.05, 0.1) is 9.83 Å². The van der Waals surface area contributed by atoms with E-state index in [-0.39, 0.29) is 6.04 Å². The molecular formula is C13H14Br2N2S. The van der Waals surface area contributed by atoms with Crippen LogP contribution in [0.5, 0.6) is 0 Å². The Hall–Kier alpha value is -0.200. The number of halogens is 2. The van der Waals surface area contributed by atoms with Crippen LogP contribution in [-0.4, -0.2) is 0 Å². The van der Waals surface area contributed by atoms with Crippen LogP contribution in [0.4, 0.5) is 0 Å². The molecular weight excluding hydrogens is 376 g/mol. The third-order valence-corrected chi connectivity index (χ3v) is 6.13. The molecule has 5 heteroatoms. The van der Waals surface area contributed by atoms with Crippen LogP contribution in [0.25, 0.3) is 0 Å². The van der Waals surface area contributed by atoms with Crippen molar-refractivity contribution in [3.63, 3.8) is 0 Å². The molecule has 2 nitrogen and oxygen atoms in total. The molecule has 0 amide bonds. The zero-order chi connectivity index (χ0) is 13.1. The van der Waals surface area contributed by atoms with E-state index < -0.39 is 0 Å². The van der Waals surface area contributed by atoms with Crippen LogP contribution >= 0.6 is 43.2 Å². The van der Waals surface area contributed by atoms with E-state index in [1.54, 1.807) is 11.3 Å². The van der Waals surface area contributed by atoms with Crippen LogP contribution < -0.4 is 11.3 Å². The monoisotopic (exact) mass is 388 g/mol. The fourth-order valence-corrected chi connectivity index (χ4v) is 4.02. The van der Waals surface area contributed by atoms with Gasteiger partial charge in [0, 0.05) is 9.35 Å². The maximum absolute atomic E-state index is 5.71. The summed E-state index contributed by atoms with van der Waals surface area (Å²) in [5, 5.41) is 0. The number of hydrogen-bond acceptors (Lipinski definition) is 3. The Kier molecular flexibility index (Phi) is 4.98. The Balaban J connectivity index is 2.38. The molecule has 1 heterocycles. The van der Waals surface area contributed by atoms with E-state index in [9.17, 15) is 0 Å². The topological polar surface area (TPSA) is 38.0 Å². The molecule has 0 saturated heterocycles. The van der Waals surface area contributed by atoms with Crippen molar-refractivity contribution in [1.29, 1.82) is 0 Å². The minimum atomic E-state index is 0.0316. The van der Waals surface area contributed by atoms with E-state index in [1.165, 1.54) is 16.0 Å². The summed E-state index contributed by atoms with van der Waals surface area (Å²) in [7, 11) is 0. The molecule has 0 bridgehead atoms. The highest BCUT2D eigenvalue weighted by Crippen LogP contribution is 2.37. The number of thiophene rings is 1. The molecule has 1 aromatic carbocycles. The summed E-state index contributed by atoms with van der Waals surface area (Å²) in [6.07, 6.45) is 1.03. The van der Waals surface area contributed by atoms with Crippen LogP contribution in [0.3, 0.4) is 0 Å². The Morgan fingerprint density at radius 2 is 2.11 bits per heavy atom. The van der Waals surface area contributed by atoms with Crippen LogP contribution in [0.15, 0.2) is 38.6 Å². The van der Waals surface area contributed by atoms with Crippen molar-refractivity contribution in [2.45, 2.75) is 19.4 Å². The number of benzene rings is 1. The third-order valence-electron chi connectivity index (χ3n) is 2.81. The van der Waals surface area contributed by atoms with E-state index >= 15 is 0 Å². The lowest BCUT2D eigenvalue weighted by Crippen LogP contribution is -2.28. The number of aryl methyl sites for hydroxylation is 1. The Morgan fingerprint density at radius 3 is 2.67 bits per heavy atom. The molecule has 0 aliphatic rings. The number of hydrogen-bond donors (Lipinski definition) is 2. The minimum Gasteiger partial charge on any atom is -0.271 e. The molecule has 0 fully saturated rings. The first-order valence-electron chi connectivity index (χ1n) is 5.65. The fraction of sp³-hybridized carbons (Fsp3) is 0.231. The van der Waals surface area contributed by atoms with Crippen molar-refractivity contribution >= 4 is 43.2 Å². The molecule has 1 atom stereocenters. The smallest absolute Gasteiger partial charge is 0.0843 e. The second-order valence-electron chi connectivity index (χ2n) is 3.97. The summed E-state index contributed by atoms with van der Waals surface area (Å²) in [6, 6.07) is 10.6. The first kappa shape index (κ1) is 14.2. The molecule has 0 radical (unpaired) electrons. The predicted molar refractivity (Wildman–Crippen MR) is 84.7 cm³/mol. The molecule has 2 aromatic rings. The SMILES string of the molecule is CCc1cccc(C(NN)c2cc(Br)c(Br)s2)c1. The highest BCUT2D eigenvalue weighted by atomic mass is 79.9. The lowest BCUT2D eigenvalue weighted by molar-refractivity contribution is 0.645. The molecule has 3 N–H and O–H groups in total. The van der Waals surface area contributed by atoms with Crippen molar-refractivity contribution < 1.29 is 0 Å². The maximum atomic E-state index is 5.71. The zero-order valence-electron chi connectivity index (χ0n) is 9.91. The second kappa shape index (κ2) is 6.30. The quantitative estimate of drug-likeness (QED) is 0.601. The summed E-state index contributed by atoms with van der Waals surface area (Å²) >= 11 is 8.71. The Morgan fingerprint density at radius 1 is 1.33 bits per heavy atom. The van der Waals surface area contributed by atoms with Gasteiger partial charge in [-0.25, -0.2) is 5.43 Å². The van der Waals surface area contributed by atoms with Crippen molar-refractivity contribution in [3.05, 3.63) is 54.6 Å². The van der Waals surface area contributed by atoms with E-state index in [0.717, 1.165) is 14.7 Å². The van der Waals surface area contributed by atoms with Crippen LogP contribution in [0, 0.1) is 0 Å². The maximum Gasteiger partial charge on any atom is 0.0843 e. The van der Waals surface area contributed by atoms with Gasteiger partial charge in [0.2, 0.25) is 0 Å². The number of rotatable bonds is 4. The minimum absolute atomic E-state index is 0.0316. The van der Waals surface area contributed by atoms with Gasteiger partial charge in [-0.05, 0) is 55.5 Å². The summed E-state index contributed by atoms with van der Waals surface area (Å²) in [5.41, 5.74) is 5.41. The lowest BCUT2D eigenvalue weighted by atomic mass is 10.0. The molecule has 18 heavy (non-hydrogen) atoms. The second-order valence-corrected chi connectivity index (χ2v) is 7.22. The standard InChI is InChI=1S/C13H14Br2N2S/c1-2-8-4-3-5-9(6-8)12(17-16)11-7-10(14)13(15)18-11/h3-7,12,17H,2,16H2,1H3. The van der Waals surface area contributed by atoms with Crippen molar-refractivity contribution in [2.75, 3.05) is 0 Å². The first-order chi connectivity index (χ1) is 8.65. The van der Waals surface area contributed by atoms with Gasteiger partial charge in [-0.3, -0.25) is 5.84 Å². The van der Waals surface area contributed by atoms with Gasteiger partial charge in [-0.1, -0.05) is 31.2 Å². The Labute approximate surface area is 128 Å². The molecule has 0 spiro atoms. The molecule has 96 valence electrons. The van der Waals surface area contributed by atoms with Gasteiger partial charge in [-0.15, -0.1) is 11.3 Å². The fourth-order valence-electron chi connectivity index (χ4n) is 1.84. The molecule has 0 aliphatic carbocycles. The van der Waals surface area contributed by atoms with Gasteiger partial charge < -0.3 is 0 Å². The van der Waals surface area contributed by atoms with Gasteiger partial charge in [0.25, 0.3) is 0 Å². The largest absolute Gasteiger partial charge is 0.271 e. The average molecular weight is 390 g/mol. The third kappa shape index (κ3) is 3.03.